The van der Waals surface area contributed by atoms with E-state index >= 15 is 0 Å². The Morgan fingerprint density at radius 2 is 2.08 bits per heavy atom. The van der Waals surface area contributed by atoms with E-state index in [-0.39, 0.29) is 16.8 Å². The number of benzene rings is 1. The molecule has 0 unspecified atom stereocenters. The minimum atomic E-state index is -0.536. The second kappa shape index (κ2) is 2.44. The van der Waals surface area contributed by atoms with Gasteiger partial charge in [-0.05, 0) is 6.07 Å². The average Bonchev–Trinajstić information content (AvgIpc) is 2.48. The molecular formula is C7H5N3O3. The van der Waals surface area contributed by atoms with Crippen LogP contribution in [-0.2, 0) is 0 Å². The van der Waals surface area contributed by atoms with Crippen molar-refractivity contribution in [2.24, 2.45) is 0 Å². The van der Waals surface area contributed by atoms with Gasteiger partial charge in [0.25, 0.3) is 11.2 Å². The highest BCUT2D eigenvalue weighted by Crippen LogP contribution is 2.19. The molecule has 13 heavy (non-hydrogen) atoms. The summed E-state index contributed by atoms with van der Waals surface area (Å²) in [6, 6.07) is 4.34. The summed E-state index contributed by atoms with van der Waals surface area (Å²) in [5.41, 5.74) is -0.216. The molecule has 0 fully saturated rings. The minimum absolute atomic E-state index is 0.101. The second-order valence-electron chi connectivity index (χ2n) is 2.54. The monoisotopic (exact) mass is 179 g/mol. The number of hydrogen-bond acceptors (Lipinski definition) is 3. The molecule has 0 radical (unpaired) electrons. The quantitative estimate of drug-likeness (QED) is 0.500. The predicted octanol–water partition coefficient (Wildman–Crippen LogP) is 0.764. The van der Waals surface area contributed by atoms with Crippen molar-refractivity contribution in [3.63, 3.8) is 0 Å². The summed E-state index contributed by atoms with van der Waals surface area (Å²) in [5, 5.41) is 15.5. The van der Waals surface area contributed by atoms with Crippen molar-refractivity contribution in [2.75, 3.05) is 0 Å². The van der Waals surface area contributed by atoms with Gasteiger partial charge >= 0.3 is 0 Å². The molecule has 2 N–H and O–H groups in total. The molecule has 0 aliphatic rings. The Labute approximate surface area is 71.3 Å². The molecule has 0 saturated carbocycles. The molecule has 1 heterocycles. The van der Waals surface area contributed by atoms with E-state index in [1.165, 1.54) is 18.2 Å². The molecule has 0 amide bonds. The van der Waals surface area contributed by atoms with E-state index in [1.807, 2.05) is 0 Å². The lowest BCUT2D eigenvalue weighted by molar-refractivity contribution is -0.383. The zero-order chi connectivity index (χ0) is 9.42. The first-order valence-electron chi connectivity index (χ1n) is 3.54. The van der Waals surface area contributed by atoms with Gasteiger partial charge in [0.2, 0.25) is 0 Å². The van der Waals surface area contributed by atoms with E-state index in [0.717, 1.165) is 0 Å². The zero-order valence-electron chi connectivity index (χ0n) is 6.40. The fourth-order valence-corrected chi connectivity index (χ4v) is 1.20. The van der Waals surface area contributed by atoms with Crippen molar-refractivity contribution in [1.29, 1.82) is 0 Å². The highest BCUT2D eigenvalue weighted by atomic mass is 16.6. The fourth-order valence-electron chi connectivity index (χ4n) is 1.20. The van der Waals surface area contributed by atoms with Gasteiger partial charge in [0, 0.05) is 6.07 Å². The lowest BCUT2D eigenvalue weighted by Gasteiger charge is -1.90. The highest BCUT2D eigenvalue weighted by molar-refractivity contribution is 5.86. The first kappa shape index (κ1) is 7.53. The van der Waals surface area contributed by atoms with Crippen molar-refractivity contribution < 1.29 is 4.92 Å². The highest BCUT2D eigenvalue weighted by Gasteiger charge is 2.13. The second-order valence-corrected chi connectivity index (χ2v) is 2.54. The number of aromatic amines is 2. The third kappa shape index (κ3) is 0.994. The normalized spacial score (nSPS) is 10.5. The molecule has 0 atom stereocenters. The summed E-state index contributed by atoms with van der Waals surface area (Å²) in [7, 11) is 0. The maximum atomic E-state index is 11.0. The van der Waals surface area contributed by atoms with Crippen LogP contribution in [0.4, 0.5) is 5.69 Å². The Hall–Kier alpha value is -2.11. The lowest BCUT2D eigenvalue weighted by atomic mass is 10.2. The van der Waals surface area contributed by atoms with Crippen LogP contribution in [0.1, 0.15) is 0 Å². The lowest BCUT2D eigenvalue weighted by Crippen LogP contribution is -1.97. The van der Waals surface area contributed by atoms with Crippen LogP contribution in [0.15, 0.2) is 23.0 Å². The predicted molar refractivity (Wildman–Crippen MR) is 45.6 cm³/mol. The summed E-state index contributed by atoms with van der Waals surface area (Å²) in [4.78, 5) is 21.0. The van der Waals surface area contributed by atoms with Gasteiger partial charge in [0.1, 0.15) is 5.52 Å². The van der Waals surface area contributed by atoms with Crippen LogP contribution in [0, 0.1) is 10.1 Å². The Balaban J connectivity index is 2.92. The van der Waals surface area contributed by atoms with Crippen molar-refractivity contribution in [3.8, 4) is 0 Å². The van der Waals surface area contributed by atoms with Crippen LogP contribution in [0.25, 0.3) is 10.9 Å². The van der Waals surface area contributed by atoms with E-state index in [0.29, 0.717) is 5.39 Å². The summed E-state index contributed by atoms with van der Waals surface area (Å²) < 4.78 is 0. The number of nitro benzene ring substituents is 1. The molecule has 2 aromatic rings. The van der Waals surface area contributed by atoms with Gasteiger partial charge in [0.15, 0.2) is 0 Å². The van der Waals surface area contributed by atoms with Crippen LogP contribution < -0.4 is 5.56 Å². The van der Waals surface area contributed by atoms with E-state index in [4.69, 9.17) is 0 Å². The molecule has 1 aromatic heterocycles. The third-order valence-electron chi connectivity index (χ3n) is 1.78. The van der Waals surface area contributed by atoms with Crippen LogP contribution in [0.3, 0.4) is 0 Å². The topological polar surface area (TPSA) is 91.8 Å². The molecule has 0 aliphatic carbocycles. The Bertz CT molecular complexity index is 525. The molecule has 6 heteroatoms. The van der Waals surface area contributed by atoms with Gasteiger partial charge in [-0.3, -0.25) is 25.1 Å². The van der Waals surface area contributed by atoms with Crippen molar-refractivity contribution in [1.82, 2.24) is 10.2 Å². The smallest absolute Gasteiger partial charge is 0.291 e. The van der Waals surface area contributed by atoms with E-state index in [2.05, 4.69) is 10.2 Å². The number of rotatable bonds is 1. The maximum absolute atomic E-state index is 11.0. The van der Waals surface area contributed by atoms with E-state index in [1.54, 1.807) is 0 Å². The summed E-state index contributed by atoms with van der Waals surface area (Å²) in [6.07, 6.45) is 0. The van der Waals surface area contributed by atoms with E-state index in [9.17, 15) is 14.9 Å². The molecule has 0 saturated heterocycles. The van der Waals surface area contributed by atoms with Gasteiger partial charge in [0.05, 0.1) is 10.3 Å². The first-order chi connectivity index (χ1) is 6.20. The number of nitro groups is 1. The molecular weight excluding hydrogens is 174 g/mol. The Kier molecular flexibility index (Phi) is 1.42. The van der Waals surface area contributed by atoms with Crippen LogP contribution in [0.2, 0.25) is 0 Å². The number of aromatic nitrogens is 2. The third-order valence-corrected chi connectivity index (χ3v) is 1.78. The van der Waals surface area contributed by atoms with Gasteiger partial charge in [-0.15, -0.1) is 0 Å². The van der Waals surface area contributed by atoms with Crippen molar-refractivity contribution >= 4 is 16.6 Å². The zero-order valence-corrected chi connectivity index (χ0v) is 6.40. The van der Waals surface area contributed by atoms with Crippen LogP contribution in [0.5, 0.6) is 0 Å². The van der Waals surface area contributed by atoms with E-state index < -0.39 is 4.92 Å². The minimum Gasteiger partial charge on any atom is -0.291 e. The Morgan fingerprint density at radius 1 is 1.31 bits per heavy atom. The number of H-pyrrole nitrogens is 2. The largest absolute Gasteiger partial charge is 0.294 e. The fraction of sp³-hybridized carbons (Fsp3) is 0. The maximum Gasteiger partial charge on any atom is 0.294 e. The number of nitrogens with zero attached hydrogens (tertiary/aromatic N) is 1. The molecule has 0 aliphatic heterocycles. The van der Waals surface area contributed by atoms with Gasteiger partial charge in [-0.25, -0.2) is 0 Å². The average molecular weight is 179 g/mol. The molecule has 2 rings (SSSR count). The van der Waals surface area contributed by atoms with Crippen molar-refractivity contribution in [2.45, 2.75) is 0 Å². The van der Waals surface area contributed by atoms with Gasteiger partial charge in [-0.2, -0.15) is 0 Å². The van der Waals surface area contributed by atoms with Gasteiger partial charge in [-0.1, -0.05) is 6.07 Å². The number of non-ortho nitro benzene ring substituents is 1. The molecule has 0 spiro atoms. The molecule has 0 bridgehead atoms. The summed E-state index contributed by atoms with van der Waals surface area (Å²) in [6.45, 7) is 0. The van der Waals surface area contributed by atoms with Crippen LogP contribution in [-0.4, -0.2) is 15.1 Å². The molecule has 1 aromatic carbocycles. The number of hydrogen-bond donors (Lipinski definition) is 2. The summed E-state index contributed by atoms with van der Waals surface area (Å²) >= 11 is 0. The standard InChI is InChI=1S/C7H5N3O3/c11-7-4-2-1-3-5(10(12)13)6(4)8-9-7/h1-3H,(H2,8,9,11). The van der Waals surface area contributed by atoms with Crippen molar-refractivity contribution in [3.05, 3.63) is 38.7 Å². The summed E-state index contributed by atoms with van der Waals surface area (Å²) in [5.74, 6) is 0. The molecule has 6 nitrogen and oxygen atoms in total. The van der Waals surface area contributed by atoms with Crippen LogP contribution >= 0.6 is 0 Å². The number of para-hydroxylation sites is 1. The molecule has 66 valence electrons. The SMILES string of the molecule is O=c1[nH][nH]c2c([N+](=O)[O-])cccc12. The first-order valence-corrected chi connectivity index (χ1v) is 3.54. The van der Waals surface area contributed by atoms with Gasteiger partial charge < -0.3 is 0 Å². The number of fused-ring (bicyclic) bond motifs is 1. The number of nitrogens with one attached hydrogen (secondary N) is 2. The Morgan fingerprint density at radius 3 is 2.77 bits per heavy atom.